The predicted molar refractivity (Wildman–Crippen MR) is 88.0 cm³/mol. The molecule has 7 heteroatoms. The normalized spacial score (nSPS) is 17.1. The third-order valence-corrected chi connectivity index (χ3v) is 3.99. The molecule has 1 atom stereocenters. The van der Waals surface area contributed by atoms with Crippen LogP contribution in [0.15, 0.2) is 36.4 Å². The summed E-state index contributed by atoms with van der Waals surface area (Å²) in [6, 6.07) is 8.16. The fourth-order valence-corrected chi connectivity index (χ4v) is 3.04. The lowest BCUT2D eigenvalue weighted by Crippen LogP contribution is -2.43. The first-order chi connectivity index (χ1) is 11.8. The van der Waals surface area contributed by atoms with Crippen molar-refractivity contribution in [2.75, 3.05) is 6.54 Å². The van der Waals surface area contributed by atoms with Crippen LogP contribution in [0.25, 0.3) is 10.8 Å². The van der Waals surface area contributed by atoms with Crippen molar-refractivity contribution in [1.82, 2.24) is 10.4 Å². The van der Waals surface area contributed by atoms with E-state index < -0.39 is 18.1 Å². The van der Waals surface area contributed by atoms with Gasteiger partial charge in [-0.05, 0) is 36.9 Å². The molecule has 0 bridgehead atoms. The van der Waals surface area contributed by atoms with Gasteiger partial charge in [-0.2, -0.15) is 13.2 Å². The van der Waals surface area contributed by atoms with E-state index in [9.17, 15) is 18.0 Å². The van der Waals surface area contributed by atoms with Crippen LogP contribution in [-0.2, 0) is 4.79 Å². The van der Waals surface area contributed by atoms with Gasteiger partial charge in [0.15, 0.2) is 0 Å². The van der Waals surface area contributed by atoms with Gasteiger partial charge < -0.3 is 4.74 Å². The number of nitrogens with one attached hydrogen (secondary N) is 1. The Morgan fingerprint density at radius 3 is 2.52 bits per heavy atom. The number of benzene rings is 2. The molecule has 1 aliphatic heterocycles. The highest BCUT2D eigenvalue weighted by atomic mass is 19.4. The maximum atomic E-state index is 13.7. The smallest absolute Gasteiger partial charge is 0.409 e. The Labute approximate surface area is 143 Å². The van der Waals surface area contributed by atoms with Crippen molar-refractivity contribution < 1.29 is 22.7 Å². The first-order valence-corrected chi connectivity index (χ1v) is 8.08. The molecule has 0 saturated carbocycles. The molecular formula is C18H19F3N2O2. The maximum absolute atomic E-state index is 13.7. The molecule has 1 aliphatic rings. The minimum atomic E-state index is -4.53. The summed E-state index contributed by atoms with van der Waals surface area (Å²) in [6.45, 7) is 3.66. The summed E-state index contributed by atoms with van der Waals surface area (Å²) >= 11 is 0. The van der Waals surface area contributed by atoms with Crippen LogP contribution in [0.4, 0.5) is 13.2 Å². The lowest BCUT2D eigenvalue weighted by molar-refractivity contribution is -0.191. The summed E-state index contributed by atoms with van der Waals surface area (Å²) < 4.78 is 47.0. The Kier molecular flexibility index (Phi) is 4.60. The van der Waals surface area contributed by atoms with E-state index >= 15 is 0 Å². The molecule has 1 saturated heterocycles. The fourth-order valence-electron chi connectivity index (χ4n) is 3.04. The quantitative estimate of drug-likeness (QED) is 0.905. The number of alkyl halides is 3. The van der Waals surface area contributed by atoms with Gasteiger partial charge in [0.05, 0.1) is 6.10 Å². The predicted octanol–water partition coefficient (Wildman–Crippen LogP) is 3.97. The topological polar surface area (TPSA) is 41.6 Å². The van der Waals surface area contributed by atoms with Gasteiger partial charge in [-0.1, -0.05) is 24.3 Å². The van der Waals surface area contributed by atoms with Gasteiger partial charge in [0.25, 0.3) is 0 Å². The minimum Gasteiger partial charge on any atom is -0.490 e. The average molecular weight is 352 g/mol. The number of amides is 1. The molecule has 134 valence electrons. The Morgan fingerprint density at radius 1 is 1.20 bits per heavy atom. The van der Waals surface area contributed by atoms with Gasteiger partial charge in [0.2, 0.25) is 5.91 Å². The van der Waals surface area contributed by atoms with Crippen molar-refractivity contribution >= 4 is 16.7 Å². The van der Waals surface area contributed by atoms with Crippen LogP contribution in [0.5, 0.6) is 5.75 Å². The molecule has 1 amide bonds. The number of rotatable bonds is 4. The van der Waals surface area contributed by atoms with E-state index in [2.05, 4.69) is 5.43 Å². The van der Waals surface area contributed by atoms with Crippen LogP contribution in [0.1, 0.15) is 31.9 Å². The molecule has 0 aromatic heterocycles. The minimum absolute atomic E-state index is 0.0101. The zero-order valence-electron chi connectivity index (χ0n) is 13.9. The van der Waals surface area contributed by atoms with Crippen molar-refractivity contribution in [3.63, 3.8) is 0 Å². The highest BCUT2D eigenvalue weighted by Crippen LogP contribution is 2.41. The molecular weight excluding hydrogens is 333 g/mol. The SMILES string of the molecule is CC(C)Oc1cc([C@H](N2CCC(=O)N2)C(F)(F)F)cc2ccccc12. The second-order valence-corrected chi connectivity index (χ2v) is 6.33. The largest absolute Gasteiger partial charge is 0.490 e. The lowest BCUT2D eigenvalue weighted by atomic mass is 10.00. The standard InChI is InChI=1S/C18H19F3N2O2/c1-11(2)25-15-10-13(9-12-5-3-4-6-14(12)15)17(18(19,20)21)23-8-7-16(24)22-23/h3-6,9-11,17H,7-8H2,1-2H3,(H,22,24)/t17-/m0/s1. The molecule has 2 aromatic rings. The van der Waals surface area contributed by atoms with E-state index in [1.165, 1.54) is 12.1 Å². The molecule has 2 aromatic carbocycles. The zero-order valence-corrected chi connectivity index (χ0v) is 13.9. The third kappa shape index (κ3) is 3.71. The van der Waals surface area contributed by atoms with Crippen LogP contribution in [0, 0.1) is 0 Å². The van der Waals surface area contributed by atoms with E-state index in [4.69, 9.17) is 4.74 Å². The first kappa shape index (κ1) is 17.5. The second-order valence-electron chi connectivity index (χ2n) is 6.33. The van der Waals surface area contributed by atoms with Gasteiger partial charge in [-0.15, -0.1) is 0 Å². The van der Waals surface area contributed by atoms with Gasteiger partial charge in [0, 0.05) is 18.4 Å². The van der Waals surface area contributed by atoms with Crippen LogP contribution in [0.2, 0.25) is 0 Å². The average Bonchev–Trinajstić information content (AvgIpc) is 2.91. The molecule has 3 rings (SSSR count). The molecule has 0 spiro atoms. The van der Waals surface area contributed by atoms with Crippen molar-refractivity contribution in [3.8, 4) is 5.75 Å². The number of halogens is 3. The number of hydrogen-bond acceptors (Lipinski definition) is 3. The summed E-state index contributed by atoms with van der Waals surface area (Å²) in [5, 5.41) is 2.37. The van der Waals surface area contributed by atoms with E-state index in [0.717, 1.165) is 10.4 Å². The molecule has 1 fully saturated rings. The number of fused-ring (bicyclic) bond motifs is 1. The van der Waals surface area contributed by atoms with Crippen molar-refractivity contribution in [2.45, 2.75) is 38.6 Å². The van der Waals surface area contributed by atoms with Crippen molar-refractivity contribution in [2.24, 2.45) is 0 Å². The summed E-state index contributed by atoms with van der Waals surface area (Å²) in [5.74, 6) is -0.00318. The van der Waals surface area contributed by atoms with E-state index in [1.807, 2.05) is 26.0 Å². The summed E-state index contributed by atoms with van der Waals surface area (Å²) in [7, 11) is 0. The first-order valence-electron chi connectivity index (χ1n) is 8.08. The molecule has 0 radical (unpaired) electrons. The zero-order chi connectivity index (χ0) is 18.2. The summed E-state index contributed by atoms with van der Waals surface area (Å²) in [5.41, 5.74) is 2.35. The molecule has 0 unspecified atom stereocenters. The Morgan fingerprint density at radius 2 is 1.92 bits per heavy atom. The Bertz CT molecular complexity index is 789. The number of hydrazine groups is 1. The molecule has 1 N–H and O–H groups in total. The Hall–Kier alpha value is -2.28. The molecule has 1 heterocycles. The molecule has 0 aliphatic carbocycles. The Balaban J connectivity index is 2.12. The highest BCUT2D eigenvalue weighted by molar-refractivity contribution is 5.89. The number of carbonyl (C=O) groups excluding carboxylic acids is 1. The fraction of sp³-hybridized carbons (Fsp3) is 0.389. The highest BCUT2D eigenvalue weighted by Gasteiger charge is 2.47. The van der Waals surface area contributed by atoms with Gasteiger partial charge in [0.1, 0.15) is 11.8 Å². The summed E-state index contributed by atoms with van der Waals surface area (Å²) in [4.78, 5) is 11.4. The van der Waals surface area contributed by atoms with Gasteiger partial charge in [-0.25, -0.2) is 5.01 Å². The van der Waals surface area contributed by atoms with E-state index in [-0.39, 0.29) is 24.6 Å². The van der Waals surface area contributed by atoms with Crippen LogP contribution in [0.3, 0.4) is 0 Å². The lowest BCUT2D eigenvalue weighted by Gasteiger charge is -2.30. The molecule has 4 nitrogen and oxygen atoms in total. The van der Waals surface area contributed by atoms with E-state index in [1.54, 1.807) is 12.1 Å². The summed E-state index contributed by atoms with van der Waals surface area (Å²) in [6.07, 6.45) is -4.65. The van der Waals surface area contributed by atoms with Gasteiger partial charge >= 0.3 is 6.18 Å². The van der Waals surface area contributed by atoms with Crippen LogP contribution in [-0.4, -0.2) is 29.7 Å². The van der Waals surface area contributed by atoms with Crippen molar-refractivity contribution in [1.29, 1.82) is 0 Å². The van der Waals surface area contributed by atoms with E-state index in [0.29, 0.717) is 11.1 Å². The third-order valence-electron chi connectivity index (χ3n) is 3.99. The monoisotopic (exact) mass is 352 g/mol. The second kappa shape index (κ2) is 6.55. The number of carbonyl (C=O) groups is 1. The maximum Gasteiger partial charge on any atom is 0.409 e. The number of hydrogen-bond donors (Lipinski definition) is 1. The van der Waals surface area contributed by atoms with Gasteiger partial charge in [-0.3, -0.25) is 10.2 Å². The van der Waals surface area contributed by atoms with Crippen LogP contribution < -0.4 is 10.2 Å². The number of ether oxygens (including phenoxy) is 1. The molecule has 25 heavy (non-hydrogen) atoms. The van der Waals surface area contributed by atoms with Crippen molar-refractivity contribution in [3.05, 3.63) is 42.0 Å². The van der Waals surface area contributed by atoms with Crippen LogP contribution >= 0.6 is 0 Å². The number of nitrogens with zero attached hydrogens (tertiary/aromatic N) is 1.